The molecule has 2 amide bonds. The first-order chi connectivity index (χ1) is 15.0. The largest absolute Gasteiger partial charge is 0.462 e. The van der Waals surface area contributed by atoms with Gasteiger partial charge in [0.1, 0.15) is 18.8 Å². The van der Waals surface area contributed by atoms with Crippen molar-refractivity contribution < 1.29 is 23.9 Å². The summed E-state index contributed by atoms with van der Waals surface area (Å²) in [6.45, 7) is 2.45. The smallest absolute Gasteiger partial charge is 0.329 e. The predicted octanol–water partition coefficient (Wildman–Crippen LogP) is 3.08. The molecule has 1 heterocycles. The van der Waals surface area contributed by atoms with E-state index in [-0.39, 0.29) is 24.7 Å². The number of ether oxygens (including phenoxy) is 2. The van der Waals surface area contributed by atoms with Crippen LogP contribution in [0, 0.1) is 0 Å². The molecule has 1 fully saturated rings. The Kier molecular flexibility index (Phi) is 8.04. The molecule has 2 aromatic rings. The lowest BCUT2D eigenvalue weighted by molar-refractivity contribution is -0.149. The van der Waals surface area contributed by atoms with Crippen molar-refractivity contribution in [3.05, 3.63) is 71.8 Å². The Morgan fingerprint density at radius 3 is 2.13 bits per heavy atom. The van der Waals surface area contributed by atoms with Gasteiger partial charge in [0.2, 0.25) is 0 Å². The SMILES string of the molecule is CC(=O)OC1CCN(C(=O)N[C@@H](Cc2ccccc2)C(=O)OCc2ccccc2)CC1. The van der Waals surface area contributed by atoms with Gasteiger partial charge in [-0.1, -0.05) is 60.7 Å². The summed E-state index contributed by atoms with van der Waals surface area (Å²) in [7, 11) is 0. The number of amides is 2. The van der Waals surface area contributed by atoms with Crippen molar-refractivity contribution >= 4 is 18.0 Å². The predicted molar refractivity (Wildman–Crippen MR) is 115 cm³/mol. The number of rotatable bonds is 7. The van der Waals surface area contributed by atoms with E-state index in [1.54, 1.807) is 4.90 Å². The fraction of sp³-hybridized carbons (Fsp3) is 0.375. The van der Waals surface area contributed by atoms with Gasteiger partial charge in [0.25, 0.3) is 0 Å². The summed E-state index contributed by atoms with van der Waals surface area (Å²) in [6, 6.07) is 17.8. The van der Waals surface area contributed by atoms with Crippen LogP contribution < -0.4 is 5.32 Å². The first kappa shape index (κ1) is 22.3. The molecule has 0 unspecified atom stereocenters. The third-order valence-electron chi connectivity index (χ3n) is 5.15. The second kappa shape index (κ2) is 11.2. The molecular weight excluding hydrogens is 396 g/mol. The fourth-order valence-corrected chi connectivity index (χ4v) is 3.52. The number of nitrogens with one attached hydrogen (secondary N) is 1. The monoisotopic (exact) mass is 424 g/mol. The Balaban J connectivity index is 1.60. The lowest BCUT2D eigenvalue weighted by atomic mass is 10.1. The van der Waals surface area contributed by atoms with Crippen molar-refractivity contribution in [3.63, 3.8) is 0 Å². The summed E-state index contributed by atoms with van der Waals surface area (Å²) < 4.78 is 10.7. The number of carbonyl (C=O) groups excluding carboxylic acids is 3. The lowest BCUT2D eigenvalue weighted by Gasteiger charge is -2.32. The van der Waals surface area contributed by atoms with Gasteiger partial charge in [0, 0.05) is 39.3 Å². The highest BCUT2D eigenvalue weighted by molar-refractivity contribution is 5.84. The van der Waals surface area contributed by atoms with Gasteiger partial charge in [-0.25, -0.2) is 9.59 Å². The van der Waals surface area contributed by atoms with Crippen molar-refractivity contribution in [1.29, 1.82) is 0 Å². The summed E-state index contributed by atoms with van der Waals surface area (Å²) >= 11 is 0. The molecule has 0 bridgehead atoms. The highest BCUT2D eigenvalue weighted by atomic mass is 16.5. The van der Waals surface area contributed by atoms with Crippen molar-refractivity contribution in [2.75, 3.05) is 13.1 Å². The van der Waals surface area contributed by atoms with Gasteiger partial charge < -0.3 is 19.7 Å². The number of carbonyl (C=O) groups is 3. The standard InChI is InChI=1S/C24H28N2O5/c1-18(27)31-21-12-14-26(15-13-21)24(29)25-22(16-19-8-4-2-5-9-19)23(28)30-17-20-10-6-3-7-11-20/h2-11,21-22H,12-17H2,1H3,(H,25,29)/t22-/m0/s1. The van der Waals surface area contributed by atoms with Crippen molar-refractivity contribution in [1.82, 2.24) is 10.2 Å². The van der Waals surface area contributed by atoms with Crippen LogP contribution in [-0.4, -0.2) is 48.1 Å². The quantitative estimate of drug-likeness (QED) is 0.691. The minimum Gasteiger partial charge on any atom is -0.462 e. The number of esters is 2. The Hall–Kier alpha value is -3.35. The van der Waals surface area contributed by atoms with Crippen molar-refractivity contribution in [2.24, 2.45) is 0 Å². The molecule has 7 heteroatoms. The van der Waals surface area contributed by atoms with Gasteiger partial charge in [-0.3, -0.25) is 4.79 Å². The van der Waals surface area contributed by atoms with Crippen LogP contribution in [0.15, 0.2) is 60.7 Å². The average Bonchev–Trinajstić information content (AvgIpc) is 2.78. The van der Waals surface area contributed by atoms with Gasteiger partial charge in [-0.05, 0) is 11.1 Å². The topological polar surface area (TPSA) is 84.9 Å². The molecule has 1 aliphatic rings. The molecule has 2 aromatic carbocycles. The van der Waals surface area contributed by atoms with Gasteiger partial charge in [0.05, 0.1) is 0 Å². The summed E-state index contributed by atoms with van der Waals surface area (Å²) in [6.07, 6.45) is 1.32. The van der Waals surface area contributed by atoms with E-state index in [0.717, 1.165) is 11.1 Å². The Labute approximate surface area is 182 Å². The Morgan fingerprint density at radius 2 is 1.55 bits per heavy atom. The van der Waals surface area contributed by atoms with Crippen molar-refractivity contribution in [2.45, 2.75) is 44.9 Å². The summed E-state index contributed by atoms with van der Waals surface area (Å²) in [5.74, 6) is -0.789. The number of nitrogens with zero attached hydrogens (tertiary/aromatic N) is 1. The normalized spacial score (nSPS) is 15.1. The number of urea groups is 1. The van der Waals surface area contributed by atoms with E-state index >= 15 is 0 Å². The van der Waals surface area contributed by atoms with Crippen molar-refractivity contribution in [3.8, 4) is 0 Å². The summed E-state index contributed by atoms with van der Waals surface area (Å²) in [5, 5.41) is 2.83. The summed E-state index contributed by atoms with van der Waals surface area (Å²) in [4.78, 5) is 38.4. The van der Waals surface area contributed by atoms with E-state index in [2.05, 4.69) is 5.32 Å². The van der Waals surface area contributed by atoms with Gasteiger partial charge in [-0.15, -0.1) is 0 Å². The third kappa shape index (κ3) is 7.13. The third-order valence-corrected chi connectivity index (χ3v) is 5.15. The van der Waals surface area contributed by atoms with Crippen LogP contribution in [0.4, 0.5) is 4.79 Å². The number of hydrogen-bond acceptors (Lipinski definition) is 5. The molecule has 3 rings (SSSR count). The van der Waals surface area contributed by atoms with E-state index < -0.39 is 12.0 Å². The molecule has 7 nitrogen and oxygen atoms in total. The van der Waals surface area contributed by atoms with E-state index in [1.807, 2.05) is 60.7 Å². The van der Waals surface area contributed by atoms with E-state index in [9.17, 15) is 14.4 Å². The van der Waals surface area contributed by atoms with Crippen LogP contribution >= 0.6 is 0 Å². The number of piperidine rings is 1. The molecule has 0 saturated carbocycles. The Morgan fingerprint density at radius 1 is 0.968 bits per heavy atom. The molecule has 0 aliphatic carbocycles. The molecule has 0 radical (unpaired) electrons. The first-order valence-electron chi connectivity index (χ1n) is 10.5. The highest BCUT2D eigenvalue weighted by Crippen LogP contribution is 2.15. The Bertz CT molecular complexity index is 864. The highest BCUT2D eigenvalue weighted by Gasteiger charge is 2.28. The second-order valence-corrected chi connectivity index (χ2v) is 7.58. The van der Waals surface area contributed by atoms with E-state index in [0.29, 0.717) is 32.4 Å². The fourth-order valence-electron chi connectivity index (χ4n) is 3.52. The van der Waals surface area contributed by atoms with Crippen LogP contribution in [0.3, 0.4) is 0 Å². The number of likely N-dealkylation sites (tertiary alicyclic amines) is 1. The maximum atomic E-state index is 12.8. The molecule has 31 heavy (non-hydrogen) atoms. The maximum absolute atomic E-state index is 12.8. The molecular formula is C24H28N2O5. The van der Waals surface area contributed by atoms with Gasteiger partial charge in [-0.2, -0.15) is 0 Å². The molecule has 1 aliphatic heterocycles. The zero-order valence-electron chi connectivity index (χ0n) is 17.7. The van der Waals surface area contributed by atoms with Crippen LogP contribution in [-0.2, 0) is 32.1 Å². The number of hydrogen-bond donors (Lipinski definition) is 1. The van der Waals surface area contributed by atoms with E-state index in [1.165, 1.54) is 6.92 Å². The molecule has 0 spiro atoms. The van der Waals surface area contributed by atoms with Crippen LogP contribution in [0.25, 0.3) is 0 Å². The molecule has 0 aromatic heterocycles. The molecule has 164 valence electrons. The zero-order chi connectivity index (χ0) is 22.1. The zero-order valence-corrected chi connectivity index (χ0v) is 17.7. The van der Waals surface area contributed by atoms with Crippen LogP contribution in [0.1, 0.15) is 30.9 Å². The number of benzene rings is 2. The second-order valence-electron chi connectivity index (χ2n) is 7.58. The summed E-state index contributed by atoms with van der Waals surface area (Å²) in [5.41, 5.74) is 1.81. The minimum absolute atomic E-state index is 0.147. The molecule has 1 saturated heterocycles. The van der Waals surface area contributed by atoms with E-state index in [4.69, 9.17) is 9.47 Å². The van der Waals surface area contributed by atoms with Gasteiger partial charge >= 0.3 is 18.0 Å². The lowest BCUT2D eigenvalue weighted by Crippen LogP contribution is -2.52. The maximum Gasteiger partial charge on any atom is 0.329 e. The molecule has 1 N–H and O–H groups in total. The minimum atomic E-state index is -0.801. The first-order valence-corrected chi connectivity index (χ1v) is 10.5. The molecule has 1 atom stereocenters. The average molecular weight is 424 g/mol. The van der Waals surface area contributed by atoms with Gasteiger partial charge in [0.15, 0.2) is 0 Å². The van der Waals surface area contributed by atoms with Crippen LogP contribution in [0.5, 0.6) is 0 Å². The van der Waals surface area contributed by atoms with Crippen LogP contribution in [0.2, 0.25) is 0 Å².